The molecule has 2 heterocycles. The second-order valence-corrected chi connectivity index (χ2v) is 7.27. The van der Waals surface area contributed by atoms with E-state index < -0.39 is 43.0 Å². The summed E-state index contributed by atoms with van der Waals surface area (Å²) in [6, 6.07) is 8.62. The monoisotopic (exact) mass is 451 g/mol. The molecule has 1 aliphatic rings. The lowest BCUT2D eigenvalue weighted by atomic mass is 9.96. The Morgan fingerprint density at radius 2 is 1.94 bits per heavy atom. The lowest BCUT2D eigenvalue weighted by Crippen LogP contribution is -2.52. The third-order valence-corrected chi connectivity index (χ3v) is 4.97. The number of fused-ring (bicyclic) bond motifs is 3. The number of benzene rings is 1. The van der Waals surface area contributed by atoms with Gasteiger partial charge in [0.15, 0.2) is 0 Å². The van der Waals surface area contributed by atoms with Crippen molar-refractivity contribution in [3.63, 3.8) is 0 Å². The fourth-order valence-electron chi connectivity index (χ4n) is 3.43. The highest BCUT2D eigenvalue weighted by molar-refractivity contribution is 6.05. The lowest BCUT2D eigenvalue weighted by Gasteiger charge is -2.26. The zero-order chi connectivity index (χ0) is 23.3. The molecule has 0 unspecified atom stereocenters. The molecule has 2 amide bonds. The Kier molecular flexibility index (Phi) is 7.44. The maximum atomic E-state index is 13.4. The topological polar surface area (TPSA) is 107 Å². The normalized spacial score (nSPS) is 16.7. The summed E-state index contributed by atoms with van der Waals surface area (Å²) in [5, 5.41) is 12.2. The molecule has 0 saturated heterocycles. The van der Waals surface area contributed by atoms with Crippen molar-refractivity contribution in [3.05, 3.63) is 48.2 Å². The molecule has 2 aromatic rings. The van der Waals surface area contributed by atoms with Crippen LogP contribution in [0.2, 0.25) is 0 Å². The Hall–Kier alpha value is -3.02. The zero-order valence-corrected chi connectivity index (χ0v) is 17.3. The molecule has 0 spiro atoms. The van der Waals surface area contributed by atoms with Crippen LogP contribution in [0.15, 0.2) is 42.6 Å². The average Bonchev–Trinajstić information content (AvgIpc) is 2.86. The number of carbonyl (C=O) groups excluding carboxylic acids is 2. The number of nitrogens with one attached hydrogen (secondary N) is 3. The minimum Gasteiger partial charge on any atom is -0.395 e. The van der Waals surface area contributed by atoms with Crippen LogP contribution >= 0.6 is 0 Å². The number of rotatable bonds is 8. The van der Waals surface area contributed by atoms with E-state index in [1.54, 1.807) is 30.3 Å². The van der Waals surface area contributed by atoms with Crippen LogP contribution in [0.4, 0.5) is 19.0 Å². The van der Waals surface area contributed by atoms with E-state index in [1.165, 1.54) is 18.0 Å². The zero-order valence-electron chi connectivity index (χ0n) is 17.3. The number of amides is 2. The number of aliphatic hydroxyl groups excluding tert-OH is 1. The largest absolute Gasteiger partial charge is 0.395 e. The van der Waals surface area contributed by atoms with Crippen molar-refractivity contribution in [3.8, 4) is 11.1 Å². The van der Waals surface area contributed by atoms with Crippen molar-refractivity contribution in [1.29, 1.82) is 0 Å². The number of aromatic nitrogens is 1. The minimum atomic E-state index is -4.31. The van der Waals surface area contributed by atoms with Gasteiger partial charge in [-0.05, 0) is 30.2 Å². The molecule has 0 aliphatic carbocycles. The molecule has 0 fully saturated rings. The number of carbonyl (C=O) groups is 2. The highest BCUT2D eigenvalue weighted by atomic mass is 19.4. The standard InChI is InChI=1S/C21H24F3N5O3/c1-13(28-26-10-8-21(22,23)24)19(31)27-17-15-6-3-2-5-14(15)16-7-4-9-25-18(16)29(11-12-30)20(17)32/h2-7,9,13,17,26,28,30H,8,10-12H2,1H3,(H,27,31)/t13-,17+/m1/s1. The number of β-amino-alcohol motifs (C(OH)–C–C–N with tert-alkyl or cyclic N) is 1. The number of alkyl halides is 3. The van der Waals surface area contributed by atoms with Crippen molar-refractivity contribution in [2.75, 3.05) is 24.6 Å². The molecule has 2 atom stereocenters. The molecule has 8 nitrogen and oxygen atoms in total. The van der Waals surface area contributed by atoms with Crippen LogP contribution in [0.5, 0.6) is 0 Å². The Balaban J connectivity index is 1.83. The Bertz CT molecular complexity index is 970. The molecule has 172 valence electrons. The summed E-state index contributed by atoms with van der Waals surface area (Å²) in [5.74, 6) is -0.689. The van der Waals surface area contributed by atoms with E-state index in [1.807, 2.05) is 6.07 Å². The summed E-state index contributed by atoms with van der Waals surface area (Å²) < 4.78 is 36.8. The van der Waals surface area contributed by atoms with Crippen LogP contribution in [0.25, 0.3) is 11.1 Å². The fraction of sp³-hybridized carbons (Fsp3) is 0.381. The van der Waals surface area contributed by atoms with Gasteiger partial charge in [0.1, 0.15) is 11.9 Å². The van der Waals surface area contributed by atoms with Crippen LogP contribution < -0.4 is 21.1 Å². The van der Waals surface area contributed by atoms with E-state index in [0.29, 0.717) is 22.5 Å². The third-order valence-electron chi connectivity index (χ3n) is 4.97. The highest BCUT2D eigenvalue weighted by Gasteiger charge is 2.36. The lowest BCUT2D eigenvalue weighted by molar-refractivity contribution is -0.134. The molecule has 4 N–H and O–H groups in total. The summed E-state index contributed by atoms with van der Waals surface area (Å²) >= 11 is 0. The smallest absolute Gasteiger partial charge is 0.390 e. The van der Waals surface area contributed by atoms with Gasteiger partial charge in [-0.2, -0.15) is 13.2 Å². The number of hydrogen-bond acceptors (Lipinski definition) is 6. The average molecular weight is 451 g/mol. The van der Waals surface area contributed by atoms with Crippen molar-refractivity contribution in [2.24, 2.45) is 0 Å². The van der Waals surface area contributed by atoms with Crippen molar-refractivity contribution < 1.29 is 27.9 Å². The van der Waals surface area contributed by atoms with Gasteiger partial charge in [-0.1, -0.05) is 24.3 Å². The number of aliphatic hydroxyl groups is 1. The van der Waals surface area contributed by atoms with Crippen LogP contribution in [-0.2, 0) is 9.59 Å². The molecule has 1 aliphatic heterocycles. The second kappa shape index (κ2) is 10.1. The third kappa shape index (κ3) is 5.42. The predicted octanol–water partition coefficient (Wildman–Crippen LogP) is 1.68. The van der Waals surface area contributed by atoms with Gasteiger partial charge in [0.25, 0.3) is 5.91 Å². The first kappa shape index (κ1) is 23.6. The maximum absolute atomic E-state index is 13.4. The number of halogens is 3. The number of pyridine rings is 1. The quantitative estimate of drug-likeness (QED) is 0.360. The van der Waals surface area contributed by atoms with Gasteiger partial charge >= 0.3 is 6.18 Å². The summed E-state index contributed by atoms with van der Waals surface area (Å²) in [6.07, 6.45) is -3.82. The summed E-state index contributed by atoms with van der Waals surface area (Å²) in [4.78, 5) is 31.8. The fourth-order valence-corrected chi connectivity index (χ4v) is 3.43. The van der Waals surface area contributed by atoms with Crippen LogP contribution in [0.3, 0.4) is 0 Å². The van der Waals surface area contributed by atoms with Crippen LogP contribution in [0, 0.1) is 0 Å². The number of hydrazine groups is 1. The molecule has 0 radical (unpaired) electrons. The molecular weight excluding hydrogens is 427 g/mol. The van der Waals surface area contributed by atoms with E-state index in [-0.39, 0.29) is 13.2 Å². The van der Waals surface area contributed by atoms with Crippen molar-refractivity contribution in [1.82, 2.24) is 21.2 Å². The summed E-state index contributed by atoms with van der Waals surface area (Å²) in [7, 11) is 0. The van der Waals surface area contributed by atoms with Gasteiger partial charge in [0.05, 0.1) is 25.6 Å². The molecule has 0 saturated carbocycles. The van der Waals surface area contributed by atoms with E-state index in [9.17, 15) is 27.9 Å². The van der Waals surface area contributed by atoms with Gasteiger partial charge in [0.2, 0.25) is 5.91 Å². The summed E-state index contributed by atoms with van der Waals surface area (Å²) in [5.41, 5.74) is 6.83. The van der Waals surface area contributed by atoms with Crippen molar-refractivity contribution >= 4 is 17.6 Å². The number of hydrogen-bond donors (Lipinski definition) is 4. The van der Waals surface area contributed by atoms with Crippen LogP contribution in [0.1, 0.15) is 24.9 Å². The van der Waals surface area contributed by atoms with Gasteiger partial charge in [-0.25, -0.2) is 10.4 Å². The predicted molar refractivity (Wildman–Crippen MR) is 111 cm³/mol. The van der Waals surface area contributed by atoms with E-state index in [2.05, 4.69) is 21.2 Å². The first-order valence-corrected chi connectivity index (χ1v) is 10.0. The Labute approximate surface area is 182 Å². The summed E-state index contributed by atoms with van der Waals surface area (Å²) in [6.45, 7) is 0.734. The van der Waals surface area contributed by atoms with Crippen molar-refractivity contribution in [2.45, 2.75) is 31.6 Å². The SMILES string of the molecule is C[C@@H](NNCCC(F)(F)F)C(=O)N[C@@H]1C(=O)N(CCO)c2ncccc2-c2ccccc21. The van der Waals surface area contributed by atoms with Gasteiger partial charge < -0.3 is 10.4 Å². The Morgan fingerprint density at radius 1 is 1.22 bits per heavy atom. The van der Waals surface area contributed by atoms with Gasteiger partial charge in [-0.15, -0.1) is 0 Å². The van der Waals surface area contributed by atoms with Gasteiger partial charge in [0, 0.05) is 18.3 Å². The first-order chi connectivity index (χ1) is 15.2. The van der Waals surface area contributed by atoms with E-state index in [0.717, 1.165) is 0 Å². The molecule has 0 bridgehead atoms. The molecule has 1 aromatic heterocycles. The molecule has 32 heavy (non-hydrogen) atoms. The van der Waals surface area contributed by atoms with E-state index >= 15 is 0 Å². The minimum absolute atomic E-state index is 0.0179. The van der Waals surface area contributed by atoms with Gasteiger partial charge in [-0.3, -0.25) is 19.9 Å². The molecule has 3 rings (SSSR count). The number of nitrogens with zero attached hydrogens (tertiary/aromatic N) is 2. The second-order valence-electron chi connectivity index (χ2n) is 7.27. The van der Waals surface area contributed by atoms with Crippen LogP contribution in [-0.4, -0.2) is 53.8 Å². The van der Waals surface area contributed by atoms with E-state index in [4.69, 9.17) is 0 Å². The Morgan fingerprint density at radius 3 is 2.66 bits per heavy atom. The highest BCUT2D eigenvalue weighted by Crippen LogP contribution is 2.38. The molecule has 1 aromatic carbocycles. The molecular formula is C21H24F3N5O3. The molecule has 11 heteroatoms. The first-order valence-electron chi connectivity index (χ1n) is 10.0. The number of anilines is 1. The maximum Gasteiger partial charge on any atom is 0.390 e.